The number of pyridine rings is 1. The Kier molecular flexibility index (Phi) is 11.6. The van der Waals surface area contributed by atoms with Gasteiger partial charge in [-0.25, -0.2) is 4.67 Å². The number of unbranched alkanes of at least 4 members (excludes halogenated alkanes) is 3. The zero-order valence-electron chi connectivity index (χ0n) is 15.6. The third kappa shape index (κ3) is 7.57. The lowest BCUT2D eigenvalue weighted by molar-refractivity contribution is 0.246. The van der Waals surface area contributed by atoms with Crippen LogP contribution in [0.3, 0.4) is 0 Å². The number of nitrogens with zero attached hydrogens (tertiary/aromatic N) is 2. The first-order valence-corrected chi connectivity index (χ1v) is 12.4. The quantitative estimate of drug-likeness (QED) is 0.189. The lowest BCUT2D eigenvalue weighted by atomic mass is 10.3. The molecule has 1 atom stereocenters. The van der Waals surface area contributed by atoms with Crippen LogP contribution in [0, 0.1) is 5.95 Å². The molecule has 9 heteroatoms. The Morgan fingerprint density at radius 2 is 1.65 bits per heavy atom. The second-order valence-electron chi connectivity index (χ2n) is 5.96. The van der Waals surface area contributed by atoms with Crippen molar-refractivity contribution >= 4 is 41.7 Å². The van der Waals surface area contributed by atoms with Crippen LogP contribution in [-0.2, 0) is 16.3 Å². The standard InChI is InChI=1S/C17H28Cl2FN2O2PS/c1-4-7-10-22(11-8-5-2)25(26,23-12-9-6-3)24-17-15(19)13-14(18)16(20)21-17/h13H,4-12H2,1-3H3. The first kappa shape index (κ1) is 24.1. The molecule has 0 aliphatic heterocycles. The van der Waals surface area contributed by atoms with E-state index in [4.69, 9.17) is 44.1 Å². The van der Waals surface area contributed by atoms with Gasteiger partial charge in [0.15, 0.2) is 0 Å². The molecule has 0 N–H and O–H groups in total. The predicted molar refractivity (Wildman–Crippen MR) is 111 cm³/mol. The largest absolute Gasteiger partial charge is 0.412 e. The van der Waals surface area contributed by atoms with Crippen molar-refractivity contribution in [3.63, 3.8) is 0 Å². The minimum Gasteiger partial charge on any atom is -0.412 e. The fourth-order valence-corrected chi connectivity index (χ4v) is 5.33. The molecule has 4 nitrogen and oxygen atoms in total. The van der Waals surface area contributed by atoms with Gasteiger partial charge in [0, 0.05) is 13.1 Å². The Morgan fingerprint density at radius 3 is 2.19 bits per heavy atom. The maximum atomic E-state index is 13.8. The highest BCUT2D eigenvalue weighted by atomic mass is 35.5. The molecule has 1 aromatic rings. The van der Waals surface area contributed by atoms with Gasteiger partial charge in [0.05, 0.1) is 11.6 Å². The van der Waals surface area contributed by atoms with Crippen LogP contribution in [0.5, 0.6) is 5.88 Å². The predicted octanol–water partition coefficient (Wildman–Crippen LogP) is 6.85. The normalized spacial score (nSPS) is 13.8. The summed E-state index contributed by atoms with van der Waals surface area (Å²) in [7, 11) is 0. The van der Waals surface area contributed by atoms with E-state index in [9.17, 15) is 4.39 Å². The van der Waals surface area contributed by atoms with Crippen molar-refractivity contribution in [2.24, 2.45) is 0 Å². The fraction of sp³-hybridized carbons (Fsp3) is 0.706. The molecule has 0 aliphatic rings. The molecule has 0 radical (unpaired) electrons. The molecule has 1 unspecified atom stereocenters. The van der Waals surface area contributed by atoms with Gasteiger partial charge in [0.25, 0.3) is 0 Å². The highest BCUT2D eigenvalue weighted by Crippen LogP contribution is 2.53. The van der Waals surface area contributed by atoms with E-state index in [1.54, 1.807) is 0 Å². The molecule has 1 heterocycles. The van der Waals surface area contributed by atoms with Crippen molar-refractivity contribution in [3.05, 3.63) is 22.1 Å². The second kappa shape index (κ2) is 12.5. The summed E-state index contributed by atoms with van der Waals surface area (Å²) in [6.45, 7) is 5.42. The van der Waals surface area contributed by atoms with E-state index < -0.39 is 12.6 Å². The molecule has 1 rings (SSSR count). The smallest absolute Gasteiger partial charge is 0.316 e. The average molecular weight is 445 g/mol. The van der Waals surface area contributed by atoms with Gasteiger partial charge >= 0.3 is 6.64 Å². The lowest BCUT2D eigenvalue weighted by Gasteiger charge is -2.33. The van der Waals surface area contributed by atoms with Crippen molar-refractivity contribution in [1.29, 1.82) is 0 Å². The molecular weight excluding hydrogens is 417 g/mol. The number of rotatable bonds is 13. The summed E-state index contributed by atoms with van der Waals surface area (Å²) in [5.74, 6) is -0.902. The number of hydrogen-bond donors (Lipinski definition) is 0. The average Bonchev–Trinajstić information content (AvgIpc) is 2.60. The molecule has 150 valence electrons. The van der Waals surface area contributed by atoms with E-state index in [1.165, 1.54) is 6.07 Å². The molecule has 0 bridgehead atoms. The Morgan fingerprint density at radius 1 is 1.08 bits per heavy atom. The molecule has 0 saturated carbocycles. The third-order valence-corrected chi connectivity index (χ3v) is 7.47. The van der Waals surface area contributed by atoms with Crippen LogP contribution in [0.4, 0.5) is 4.39 Å². The van der Waals surface area contributed by atoms with Crippen LogP contribution in [0.1, 0.15) is 59.3 Å². The first-order chi connectivity index (χ1) is 12.4. The molecule has 26 heavy (non-hydrogen) atoms. The Balaban J connectivity index is 3.13. The molecule has 0 saturated heterocycles. The first-order valence-electron chi connectivity index (χ1n) is 9.09. The minimum atomic E-state index is -2.89. The van der Waals surface area contributed by atoms with Crippen molar-refractivity contribution in [3.8, 4) is 5.88 Å². The molecule has 0 amide bonds. The zero-order chi connectivity index (χ0) is 19.6. The minimum absolute atomic E-state index is 0.0635. The van der Waals surface area contributed by atoms with Gasteiger partial charge in [-0.05, 0) is 37.1 Å². The number of halogens is 3. The molecule has 0 aromatic carbocycles. The van der Waals surface area contributed by atoms with E-state index in [2.05, 4.69) is 30.4 Å². The second-order valence-corrected chi connectivity index (χ2v) is 10.1. The van der Waals surface area contributed by atoms with E-state index in [1.807, 2.05) is 0 Å². The van der Waals surface area contributed by atoms with Crippen molar-refractivity contribution < 1.29 is 13.4 Å². The summed E-state index contributed by atoms with van der Waals surface area (Å²) in [6.07, 6.45) is 5.85. The van der Waals surface area contributed by atoms with Gasteiger partial charge in [0.2, 0.25) is 11.8 Å². The van der Waals surface area contributed by atoms with Crippen LogP contribution in [-0.4, -0.2) is 29.4 Å². The summed E-state index contributed by atoms with van der Waals surface area (Å²) in [4.78, 5) is 3.73. The summed E-state index contributed by atoms with van der Waals surface area (Å²) in [5.41, 5.74) is 0. The molecular formula is C17H28Cl2FN2O2PS. The van der Waals surface area contributed by atoms with Crippen LogP contribution in [0.2, 0.25) is 10.0 Å². The maximum Gasteiger partial charge on any atom is 0.316 e. The molecule has 0 aliphatic carbocycles. The van der Waals surface area contributed by atoms with E-state index in [0.29, 0.717) is 6.61 Å². The van der Waals surface area contributed by atoms with Gasteiger partial charge in [-0.1, -0.05) is 63.2 Å². The van der Waals surface area contributed by atoms with Gasteiger partial charge in [-0.15, -0.1) is 0 Å². The molecule has 0 spiro atoms. The van der Waals surface area contributed by atoms with Crippen LogP contribution in [0.15, 0.2) is 6.07 Å². The van der Waals surface area contributed by atoms with Gasteiger partial charge in [-0.2, -0.15) is 9.37 Å². The Labute approximate surface area is 171 Å². The number of hydrogen-bond acceptors (Lipinski definition) is 4. The Bertz CT molecular complexity index is 602. The van der Waals surface area contributed by atoms with Crippen molar-refractivity contribution in [2.45, 2.75) is 59.3 Å². The maximum absolute atomic E-state index is 13.8. The zero-order valence-corrected chi connectivity index (χ0v) is 18.9. The molecule has 1 aromatic heterocycles. The summed E-state index contributed by atoms with van der Waals surface area (Å²) >= 11 is 17.7. The van der Waals surface area contributed by atoms with Crippen LogP contribution in [0.25, 0.3) is 0 Å². The van der Waals surface area contributed by atoms with E-state index >= 15 is 0 Å². The van der Waals surface area contributed by atoms with Crippen LogP contribution < -0.4 is 4.52 Å². The Hall–Kier alpha value is 0.0300. The third-order valence-electron chi connectivity index (χ3n) is 3.69. The summed E-state index contributed by atoms with van der Waals surface area (Å²) in [5, 5.41) is -0.0352. The van der Waals surface area contributed by atoms with Crippen molar-refractivity contribution in [1.82, 2.24) is 9.65 Å². The molecule has 0 fully saturated rings. The summed E-state index contributed by atoms with van der Waals surface area (Å²) < 4.78 is 27.8. The number of aromatic nitrogens is 1. The topological polar surface area (TPSA) is 34.6 Å². The lowest BCUT2D eigenvalue weighted by Crippen LogP contribution is -2.27. The van der Waals surface area contributed by atoms with Crippen molar-refractivity contribution in [2.75, 3.05) is 19.7 Å². The summed E-state index contributed by atoms with van der Waals surface area (Å²) in [6, 6.07) is 1.27. The van der Waals surface area contributed by atoms with Gasteiger partial charge in [-0.3, -0.25) is 0 Å². The highest BCUT2D eigenvalue weighted by molar-refractivity contribution is 8.08. The van der Waals surface area contributed by atoms with E-state index in [0.717, 1.165) is 51.6 Å². The SMILES string of the molecule is CCCCOP(=S)(Oc1nc(F)c(Cl)cc1Cl)N(CCCC)CCCC. The van der Waals surface area contributed by atoms with Gasteiger partial charge in [0.1, 0.15) is 5.02 Å². The monoisotopic (exact) mass is 444 g/mol. The highest BCUT2D eigenvalue weighted by Gasteiger charge is 2.31. The van der Waals surface area contributed by atoms with Gasteiger partial charge < -0.3 is 9.05 Å². The van der Waals surface area contributed by atoms with Crippen LogP contribution >= 0.6 is 29.8 Å². The fourth-order valence-electron chi connectivity index (χ4n) is 2.13. The van der Waals surface area contributed by atoms with E-state index in [-0.39, 0.29) is 15.9 Å².